The van der Waals surface area contributed by atoms with E-state index >= 15 is 0 Å². The van der Waals surface area contributed by atoms with Crippen LogP contribution in [-0.4, -0.2) is 14.1 Å². The van der Waals surface area contributed by atoms with Gasteiger partial charge >= 0.3 is 0 Å². The Morgan fingerprint density at radius 2 is 1.15 bits per heavy atom. The lowest BCUT2D eigenvalue weighted by atomic mass is 9.82. The SMILES string of the molecule is C[Si](C)(C)C(c1ccccc1)(c1ccccc1)C(OCCl)c1ccccc1. The Balaban J connectivity index is 2.38. The van der Waals surface area contributed by atoms with Gasteiger partial charge in [0.05, 0.1) is 14.2 Å². The van der Waals surface area contributed by atoms with Crippen LogP contribution in [0.2, 0.25) is 19.6 Å². The second kappa shape index (κ2) is 8.43. The summed E-state index contributed by atoms with van der Waals surface area (Å²) in [6.07, 6.45) is -0.160. The van der Waals surface area contributed by atoms with Gasteiger partial charge in [-0.05, 0) is 16.7 Å². The van der Waals surface area contributed by atoms with Crippen LogP contribution in [0.5, 0.6) is 0 Å². The first kappa shape index (κ1) is 19.9. The number of rotatable bonds is 7. The summed E-state index contributed by atoms with van der Waals surface area (Å²) < 4.78 is 6.33. The molecular weight excluding hydrogens is 368 g/mol. The molecule has 1 atom stereocenters. The van der Waals surface area contributed by atoms with E-state index in [2.05, 4.69) is 105 Å². The van der Waals surface area contributed by atoms with Gasteiger partial charge in [0.1, 0.15) is 6.07 Å². The third-order valence-corrected chi connectivity index (χ3v) is 8.70. The Kier molecular flexibility index (Phi) is 6.21. The van der Waals surface area contributed by atoms with Gasteiger partial charge in [-0.25, -0.2) is 0 Å². The summed E-state index contributed by atoms with van der Waals surface area (Å²) in [4.78, 5) is 0. The molecule has 0 aliphatic carbocycles. The maximum atomic E-state index is 6.33. The number of ether oxygens (including phenoxy) is 1. The fraction of sp³-hybridized carbons (Fsp3) is 0.250. The third kappa shape index (κ3) is 3.75. The van der Waals surface area contributed by atoms with Gasteiger partial charge in [0.25, 0.3) is 0 Å². The van der Waals surface area contributed by atoms with E-state index in [0.717, 1.165) is 5.56 Å². The smallest absolute Gasteiger partial charge is 0.121 e. The van der Waals surface area contributed by atoms with Gasteiger partial charge < -0.3 is 4.74 Å². The Morgan fingerprint density at radius 1 is 0.741 bits per heavy atom. The highest BCUT2D eigenvalue weighted by atomic mass is 35.5. The van der Waals surface area contributed by atoms with Crippen LogP contribution < -0.4 is 0 Å². The van der Waals surface area contributed by atoms with Crippen LogP contribution in [0.1, 0.15) is 22.8 Å². The van der Waals surface area contributed by atoms with Gasteiger partial charge in [-0.15, -0.1) is 0 Å². The predicted molar refractivity (Wildman–Crippen MR) is 118 cm³/mol. The van der Waals surface area contributed by atoms with E-state index in [0.29, 0.717) is 0 Å². The molecule has 0 heterocycles. The second-order valence-corrected chi connectivity index (χ2v) is 13.4. The second-order valence-electron chi connectivity index (χ2n) is 7.86. The molecule has 140 valence electrons. The maximum absolute atomic E-state index is 6.33. The fourth-order valence-corrected chi connectivity index (χ4v) is 7.52. The lowest BCUT2D eigenvalue weighted by Gasteiger charge is -2.50. The van der Waals surface area contributed by atoms with Crippen LogP contribution in [0.15, 0.2) is 91.0 Å². The van der Waals surface area contributed by atoms with Gasteiger partial charge in [0, 0.05) is 5.04 Å². The minimum Gasteiger partial charge on any atom is -0.357 e. The lowest BCUT2D eigenvalue weighted by Crippen LogP contribution is -2.55. The highest BCUT2D eigenvalue weighted by Crippen LogP contribution is 2.51. The molecule has 27 heavy (non-hydrogen) atoms. The van der Waals surface area contributed by atoms with Crippen LogP contribution in [0.3, 0.4) is 0 Å². The third-order valence-electron chi connectivity index (χ3n) is 5.37. The number of alkyl halides is 1. The van der Waals surface area contributed by atoms with E-state index in [1.54, 1.807) is 0 Å². The van der Waals surface area contributed by atoms with Gasteiger partial charge in [0.2, 0.25) is 0 Å². The van der Waals surface area contributed by atoms with Crippen molar-refractivity contribution in [2.24, 2.45) is 0 Å². The van der Waals surface area contributed by atoms with Crippen molar-refractivity contribution in [1.82, 2.24) is 0 Å². The van der Waals surface area contributed by atoms with Crippen molar-refractivity contribution in [3.63, 3.8) is 0 Å². The molecule has 3 aromatic carbocycles. The molecule has 0 spiro atoms. The first-order chi connectivity index (χ1) is 13.0. The predicted octanol–water partition coefficient (Wildman–Crippen LogP) is 6.80. The van der Waals surface area contributed by atoms with Gasteiger partial charge in [-0.3, -0.25) is 0 Å². The molecule has 0 N–H and O–H groups in total. The minimum absolute atomic E-state index is 0.158. The van der Waals surface area contributed by atoms with Crippen LogP contribution in [0.25, 0.3) is 0 Å². The summed E-state index contributed by atoms with van der Waals surface area (Å²) in [5.74, 6) is 0. The standard InChI is InChI=1S/C24H27ClOSi/c1-27(2,3)24(21-15-9-5-10-16-21,22-17-11-6-12-18-22)23(26-19-25)20-13-7-4-8-14-20/h4-18,23H,19H2,1-3H3. The summed E-state index contributed by atoms with van der Waals surface area (Å²) in [6, 6.07) is 32.2. The molecule has 3 heteroatoms. The Hall–Kier alpha value is -1.87. The zero-order valence-electron chi connectivity index (χ0n) is 16.2. The topological polar surface area (TPSA) is 9.23 Å². The molecule has 0 saturated heterocycles. The van der Waals surface area contributed by atoms with Crippen molar-refractivity contribution in [2.75, 3.05) is 6.07 Å². The molecule has 0 aliphatic rings. The molecule has 0 fully saturated rings. The zero-order chi connectivity index (χ0) is 19.3. The van der Waals surface area contributed by atoms with Crippen LogP contribution in [0.4, 0.5) is 0 Å². The average Bonchev–Trinajstić information content (AvgIpc) is 2.69. The molecule has 3 aromatic rings. The van der Waals surface area contributed by atoms with E-state index in [1.165, 1.54) is 11.1 Å². The molecular formula is C24H27ClOSi. The molecule has 1 nitrogen and oxygen atoms in total. The molecule has 0 aliphatic heterocycles. The van der Waals surface area contributed by atoms with Crippen LogP contribution in [-0.2, 0) is 9.78 Å². The van der Waals surface area contributed by atoms with Crippen LogP contribution >= 0.6 is 11.6 Å². The Morgan fingerprint density at radius 3 is 1.52 bits per heavy atom. The number of hydrogen-bond acceptors (Lipinski definition) is 1. The van der Waals surface area contributed by atoms with Crippen molar-refractivity contribution in [2.45, 2.75) is 30.8 Å². The molecule has 0 saturated carbocycles. The summed E-state index contributed by atoms with van der Waals surface area (Å²) in [5, 5.41) is -0.272. The fourth-order valence-electron chi connectivity index (χ4n) is 4.29. The van der Waals surface area contributed by atoms with E-state index in [1.807, 2.05) is 6.07 Å². The van der Waals surface area contributed by atoms with E-state index in [-0.39, 0.29) is 17.2 Å². The first-order valence-electron chi connectivity index (χ1n) is 9.35. The molecule has 3 rings (SSSR count). The largest absolute Gasteiger partial charge is 0.357 e. The minimum atomic E-state index is -1.89. The van der Waals surface area contributed by atoms with E-state index in [4.69, 9.17) is 16.3 Å². The normalized spacial score (nSPS) is 13.3. The lowest BCUT2D eigenvalue weighted by molar-refractivity contribution is 0.0578. The molecule has 0 bridgehead atoms. The van der Waals surface area contributed by atoms with Gasteiger partial charge in [-0.1, -0.05) is 122 Å². The highest BCUT2D eigenvalue weighted by molar-refractivity contribution is 6.80. The van der Waals surface area contributed by atoms with Crippen LogP contribution in [0, 0.1) is 0 Å². The number of hydrogen-bond donors (Lipinski definition) is 0. The number of halogens is 1. The monoisotopic (exact) mass is 394 g/mol. The zero-order valence-corrected chi connectivity index (χ0v) is 18.0. The summed E-state index contributed by atoms with van der Waals surface area (Å²) in [5.41, 5.74) is 3.73. The maximum Gasteiger partial charge on any atom is 0.121 e. The van der Waals surface area contributed by atoms with Crippen molar-refractivity contribution in [3.05, 3.63) is 108 Å². The van der Waals surface area contributed by atoms with E-state index in [9.17, 15) is 0 Å². The summed E-state index contributed by atoms with van der Waals surface area (Å²) in [6.45, 7) is 7.25. The van der Waals surface area contributed by atoms with Crippen molar-refractivity contribution < 1.29 is 4.74 Å². The van der Waals surface area contributed by atoms with E-state index < -0.39 is 8.07 Å². The highest BCUT2D eigenvalue weighted by Gasteiger charge is 2.53. The molecule has 0 amide bonds. The first-order valence-corrected chi connectivity index (χ1v) is 13.4. The molecule has 0 aromatic heterocycles. The van der Waals surface area contributed by atoms with Gasteiger partial charge in [-0.2, -0.15) is 0 Å². The summed E-state index contributed by atoms with van der Waals surface area (Å²) in [7, 11) is -1.89. The Bertz CT molecular complexity index is 789. The summed E-state index contributed by atoms with van der Waals surface area (Å²) >= 11 is 6.17. The Labute approximate surface area is 169 Å². The quantitative estimate of drug-likeness (QED) is 0.316. The molecule has 0 radical (unpaired) electrons. The number of benzene rings is 3. The van der Waals surface area contributed by atoms with Gasteiger partial charge in [0.15, 0.2) is 0 Å². The van der Waals surface area contributed by atoms with Crippen molar-refractivity contribution in [3.8, 4) is 0 Å². The molecule has 1 unspecified atom stereocenters. The van der Waals surface area contributed by atoms with Crippen molar-refractivity contribution >= 4 is 19.7 Å². The average molecular weight is 395 g/mol. The van der Waals surface area contributed by atoms with Crippen molar-refractivity contribution in [1.29, 1.82) is 0 Å².